The molecular weight excluding hydrogens is 438 g/mol. The highest BCUT2D eigenvalue weighted by Gasteiger charge is 2.74. The summed E-state index contributed by atoms with van der Waals surface area (Å²) in [4.78, 5) is 0. The Labute approximate surface area is 210 Å². The van der Waals surface area contributed by atoms with Crippen molar-refractivity contribution in [1.29, 1.82) is 0 Å². The van der Waals surface area contributed by atoms with E-state index in [1.165, 1.54) is 11.1 Å². The molecule has 1 heterocycles. The van der Waals surface area contributed by atoms with Gasteiger partial charge in [-0.2, -0.15) is 0 Å². The minimum absolute atomic E-state index is 0.0923. The highest BCUT2D eigenvalue weighted by atomic mass is 16.5. The molecule has 3 N–H and O–H groups in total. The molecule has 3 fully saturated rings. The van der Waals surface area contributed by atoms with E-state index in [0.29, 0.717) is 5.92 Å². The van der Waals surface area contributed by atoms with E-state index in [-0.39, 0.29) is 40.1 Å². The van der Waals surface area contributed by atoms with Gasteiger partial charge in [0.15, 0.2) is 0 Å². The summed E-state index contributed by atoms with van der Waals surface area (Å²) in [5, 5.41) is 39.7. The van der Waals surface area contributed by atoms with Gasteiger partial charge < -0.3 is 19.8 Å². The van der Waals surface area contributed by atoms with Crippen molar-refractivity contribution in [3.8, 4) is 0 Å². The summed E-state index contributed by atoms with van der Waals surface area (Å²) < 4.78 is 5.69. The van der Waals surface area contributed by atoms with E-state index < -0.39 is 17.1 Å². The zero-order chi connectivity index (χ0) is 25.2. The molecule has 0 saturated heterocycles. The van der Waals surface area contributed by atoms with Gasteiger partial charge in [-0.3, -0.25) is 0 Å². The molecule has 0 bridgehead atoms. The second-order valence-corrected chi connectivity index (χ2v) is 14.7. The van der Waals surface area contributed by atoms with Crippen molar-refractivity contribution < 1.29 is 19.8 Å². The Morgan fingerprint density at radius 2 is 1.77 bits per heavy atom. The number of hydrogen-bond acceptors (Lipinski definition) is 5. The Kier molecular flexibility index (Phi) is 4.85. The van der Waals surface area contributed by atoms with E-state index in [0.717, 1.165) is 57.1 Å². The van der Waals surface area contributed by atoms with Crippen LogP contribution in [0.5, 0.6) is 0 Å². The van der Waals surface area contributed by atoms with Crippen LogP contribution < -0.4 is 0 Å². The fourth-order valence-corrected chi connectivity index (χ4v) is 10.5. The summed E-state index contributed by atoms with van der Waals surface area (Å²) in [6.07, 6.45) is 10.6. The number of aliphatic hydroxyl groups excluding tert-OH is 2. The number of aliphatic hydroxyl groups is 3. The monoisotopic (exact) mass is 483 g/mol. The smallest absolute Gasteiger partial charge is 0.143 e. The van der Waals surface area contributed by atoms with E-state index in [2.05, 4.69) is 52.8 Å². The normalized spacial score (nSPS) is 52.3. The standard InChI is InChI=1S/C30H45NO4/c1-18-20-7-8-27(5)21(26(20,4)14-19-16-31-35-24(18)19)13-23(33)30(34)22-15-25(2,3)9-11-29(22,17-32)12-10-28(27,30)6/h13,16,18,20,22-23,32-34H,7-12,14-15,17H2,1-6H3/t18-,20-,22+,23+,26-,27+,28-,29+,30+/m0/s1. The highest BCUT2D eigenvalue weighted by Crippen LogP contribution is 2.75. The topological polar surface area (TPSA) is 86.7 Å². The SMILES string of the molecule is C[C@@H]1c2oncc2C[C@]2(C)C3=C[C@@H](O)[C@]4(O)[C@@H]5CC(C)(C)CC[C@]5(CO)CC[C@@]4(C)[C@]3(C)CC[C@@H]12. The Balaban J connectivity index is 1.52. The molecule has 0 radical (unpaired) electrons. The van der Waals surface area contributed by atoms with Gasteiger partial charge in [-0.1, -0.05) is 58.3 Å². The molecule has 0 aromatic carbocycles. The highest BCUT2D eigenvalue weighted by molar-refractivity contribution is 5.43. The van der Waals surface area contributed by atoms with E-state index in [1.54, 1.807) is 0 Å². The van der Waals surface area contributed by atoms with Gasteiger partial charge in [-0.05, 0) is 84.9 Å². The summed E-state index contributed by atoms with van der Waals surface area (Å²) in [6, 6.07) is 0. The maximum Gasteiger partial charge on any atom is 0.143 e. The zero-order valence-electron chi connectivity index (χ0n) is 22.5. The van der Waals surface area contributed by atoms with Crippen LogP contribution >= 0.6 is 0 Å². The summed E-state index contributed by atoms with van der Waals surface area (Å²) in [6.45, 7) is 14.0. The summed E-state index contributed by atoms with van der Waals surface area (Å²) in [5.41, 5.74) is 0.281. The van der Waals surface area contributed by atoms with Gasteiger partial charge in [-0.25, -0.2) is 0 Å². The maximum atomic E-state index is 12.9. The molecule has 35 heavy (non-hydrogen) atoms. The average Bonchev–Trinajstić information content (AvgIpc) is 3.26. The van der Waals surface area contributed by atoms with Crippen LogP contribution in [0, 0.1) is 38.9 Å². The fraction of sp³-hybridized carbons (Fsp3) is 0.833. The zero-order valence-corrected chi connectivity index (χ0v) is 22.5. The molecule has 0 amide bonds. The predicted molar refractivity (Wildman–Crippen MR) is 135 cm³/mol. The first-order valence-corrected chi connectivity index (χ1v) is 14.0. The van der Waals surface area contributed by atoms with Crippen LogP contribution in [-0.4, -0.2) is 38.8 Å². The van der Waals surface area contributed by atoms with Crippen molar-refractivity contribution in [1.82, 2.24) is 5.16 Å². The number of rotatable bonds is 1. The molecule has 5 aliphatic rings. The first kappa shape index (κ1) is 24.2. The Morgan fingerprint density at radius 3 is 2.49 bits per heavy atom. The van der Waals surface area contributed by atoms with Crippen LogP contribution in [0.15, 0.2) is 22.4 Å². The van der Waals surface area contributed by atoms with Crippen LogP contribution in [0.2, 0.25) is 0 Å². The van der Waals surface area contributed by atoms with Gasteiger partial charge in [0.1, 0.15) is 17.5 Å². The van der Waals surface area contributed by atoms with Crippen molar-refractivity contribution in [3.05, 3.63) is 29.2 Å². The minimum atomic E-state index is -1.25. The molecule has 5 aliphatic carbocycles. The molecule has 1 aromatic heterocycles. The minimum Gasteiger partial charge on any atom is -0.396 e. The molecule has 1 aromatic rings. The molecule has 0 spiro atoms. The van der Waals surface area contributed by atoms with Gasteiger partial charge >= 0.3 is 0 Å². The van der Waals surface area contributed by atoms with E-state index in [9.17, 15) is 15.3 Å². The third-order valence-corrected chi connectivity index (χ3v) is 12.9. The van der Waals surface area contributed by atoms with Gasteiger partial charge in [-0.15, -0.1) is 0 Å². The molecule has 194 valence electrons. The molecule has 0 aliphatic heterocycles. The molecule has 5 nitrogen and oxygen atoms in total. The number of hydrogen-bond donors (Lipinski definition) is 3. The lowest BCUT2D eigenvalue weighted by atomic mass is 9.33. The Morgan fingerprint density at radius 1 is 1.06 bits per heavy atom. The summed E-state index contributed by atoms with van der Waals surface area (Å²) in [5.74, 6) is 1.63. The molecular formula is C30H45NO4. The molecule has 9 atom stereocenters. The van der Waals surface area contributed by atoms with Crippen LogP contribution in [0.4, 0.5) is 0 Å². The molecule has 5 heteroatoms. The lowest BCUT2D eigenvalue weighted by Gasteiger charge is -2.73. The van der Waals surface area contributed by atoms with Crippen LogP contribution in [0.1, 0.15) is 104 Å². The maximum absolute atomic E-state index is 12.9. The molecule has 0 unspecified atom stereocenters. The second kappa shape index (κ2) is 7.02. The van der Waals surface area contributed by atoms with Gasteiger partial charge in [0, 0.05) is 23.5 Å². The predicted octanol–water partition coefficient (Wildman–Crippen LogP) is 5.39. The summed E-state index contributed by atoms with van der Waals surface area (Å²) in [7, 11) is 0. The van der Waals surface area contributed by atoms with Crippen molar-refractivity contribution in [2.24, 2.45) is 38.9 Å². The third-order valence-electron chi connectivity index (χ3n) is 12.9. The molecule has 3 saturated carbocycles. The third kappa shape index (κ3) is 2.68. The Hall–Kier alpha value is -1.17. The quantitative estimate of drug-likeness (QED) is 0.466. The van der Waals surface area contributed by atoms with Crippen LogP contribution in [-0.2, 0) is 6.42 Å². The van der Waals surface area contributed by atoms with Crippen molar-refractivity contribution in [2.45, 2.75) is 111 Å². The van der Waals surface area contributed by atoms with Crippen LogP contribution in [0.25, 0.3) is 0 Å². The number of aromatic nitrogens is 1. The van der Waals surface area contributed by atoms with Gasteiger partial charge in [0.05, 0.1) is 6.20 Å². The van der Waals surface area contributed by atoms with Crippen LogP contribution in [0.3, 0.4) is 0 Å². The average molecular weight is 484 g/mol. The first-order chi connectivity index (χ1) is 16.3. The van der Waals surface area contributed by atoms with Gasteiger partial charge in [0.2, 0.25) is 0 Å². The van der Waals surface area contributed by atoms with E-state index >= 15 is 0 Å². The Bertz CT molecular complexity index is 1080. The van der Waals surface area contributed by atoms with E-state index in [4.69, 9.17) is 4.52 Å². The van der Waals surface area contributed by atoms with Gasteiger partial charge in [0.25, 0.3) is 0 Å². The largest absolute Gasteiger partial charge is 0.396 e. The molecule has 6 rings (SSSR count). The number of fused-ring (bicyclic) bond motifs is 8. The number of nitrogens with zero attached hydrogens (tertiary/aromatic N) is 1. The number of allylic oxidation sites excluding steroid dienone is 1. The van der Waals surface area contributed by atoms with Crippen molar-refractivity contribution in [3.63, 3.8) is 0 Å². The van der Waals surface area contributed by atoms with E-state index in [1.807, 2.05) is 6.20 Å². The first-order valence-electron chi connectivity index (χ1n) is 14.0. The van der Waals surface area contributed by atoms with Crippen molar-refractivity contribution >= 4 is 0 Å². The lowest BCUT2D eigenvalue weighted by Crippen LogP contribution is -2.75. The van der Waals surface area contributed by atoms with Crippen molar-refractivity contribution in [2.75, 3.05) is 6.61 Å². The summed E-state index contributed by atoms with van der Waals surface area (Å²) >= 11 is 0. The lowest BCUT2D eigenvalue weighted by molar-refractivity contribution is -0.292. The fourth-order valence-electron chi connectivity index (χ4n) is 10.5. The second-order valence-electron chi connectivity index (χ2n) is 14.7.